The molecule has 1 amide bonds. The van der Waals surface area contributed by atoms with Gasteiger partial charge < -0.3 is 9.80 Å². The molecule has 0 fully saturated rings. The third kappa shape index (κ3) is 7.79. The molecule has 0 aliphatic carbocycles. The maximum atomic E-state index is 11.8. The highest BCUT2D eigenvalue weighted by Gasteiger charge is 2.13. The Balaban J connectivity index is 4.11. The fourth-order valence-electron chi connectivity index (χ4n) is 1.32. The summed E-state index contributed by atoms with van der Waals surface area (Å²) < 4.78 is 0. The monoisotopic (exact) mass is 278 g/mol. The summed E-state index contributed by atoms with van der Waals surface area (Å²) >= 11 is 3.31. The number of carbonyl (C=O) groups is 1. The molecule has 0 spiro atoms. The van der Waals surface area contributed by atoms with Gasteiger partial charge in [0.05, 0.1) is 0 Å². The summed E-state index contributed by atoms with van der Waals surface area (Å²) in [5, 5.41) is 0.752. The Labute approximate surface area is 102 Å². The summed E-state index contributed by atoms with van der Waals surface area (Å²) in [6.45, 7) is 6.91. The van der Waals surface area contributed by atoms with Gasteiger partial charge in [-0.05, 0) is 20.0 Å². The molecule has 0 radical (unpaired) electrons. The van der Waals surface area contributed by atoms with Crippen molar-refractivity contribution in [2.24, 2.45) is 5.92 Å². The number of alkyl halides is 1. The molecule has 0 bridgehead atoms. The van der Waals surface area contributed by atoms with E-state index >= 15 is 0 Å². The van der Waals surface area contributed by atoms with Crippen LogP contribution in [0.2, 0.25) is 0 Å². The third-order valence-electron chi connectivity index (χ3n) is 2.06. The van der Waals surface area contributed by atoms with Crippen LogP contribution in [-0.4, -0.2) is 54.8 Å². The van der Waals surface area contributed by atoms with Crippen molar-refractivity contribution in [1.82, 2.24) is 9.80 Å². The summed E-state index contributed by atoms with van der Waals surface area (Å²) in [6.07, 6.45) is 0.597. The van der Waals surface area contributed by atoms with Gasteiger partial charge in [-0.25, -0.2) is 0 Å². The van der Waals surface area contributed by atoms with Crippen LogP contribution < -0.4 is 0 Å². The standard InChI is InChI=1S/C11H23BrN2O/c1-10(2)9-14(8-7-13(3)4)11(15)5-6-12/h10H,5-9H2,1-4H3. The van der Waals surface area contributed by atoms with Gasteiger partial charge in [0, 0.05) is 31.4 Å². The minimum absolute atomic E-state index is 0.252. The van der Waals surface area contributed by atoms with Crippen LogP contribution in [0.4, 0.5) is 0 Å². The smallest absolute Gasteiger partial charge is 0.223 e. The number of nitrogens with zero attached hydrogens (tertiary/aromatic N) is 2. The average Bonchev–Trinajstić information content (AvgIpc) is 2.11. The van der Waals surface area contributed by atoms with Crippen LogP contribution in [-0.2, 0) is 4.79 Å². The van der Waals surface area contributed by atoms with Gasteiger partial charge >= 0.3 is 0 Å². The van der Waals surface area contributed by atoms with Crippen molar-refractivity contribution < 1.29 is 4.79 Å². The second kappa shape index (κ2) is 8.11. The molecule has 0 aromatic rings. The van der Waals surface area contributed by atoms with Crippen molar-refractivity contribution in [3.63, 3.8) is 0 Å². The second-order valence-electron chi connectivity index (χ2n) is 4.48. The van der Waals surface area contributed by atoms with E-state index in [4.69, 9.17) is 0 Å². The first-order valence-corrected chi connectivity index (χ1v) is 6.58. The second-order valence-corrected chi connectivity index (χ2v) is 5.27. The number of rotatable bonds is 7. The molecule has 0 rings (SSSR count). The lowest BCUT2D eigenvalue weighted by molar-refractivity contribution is -0.131. The summed E-state index contributed by atoms with van der Waals surface area (Å²) in [4.78, 5) is 15.8. The van der Waals surface area contributed by atoms with E-state index in [1.54, 1.807) is 0 Å². The van der Waals surface area contributed by atoms with Crippen LogP contribution >= 0.6 is 15.9 Å². The molecule has 0 heterocycles. The van der Waals surface area contributed by atoms with Crippen LogP contribution in [0.1, 0.15) is 20.3 Å². The summed E-state index contributed by atoms with van der Waals surface area (Å²) in [5.41, 5.74) is 0. The molecule has 0 aliphatic rings. The van der Waals surface area contributed by atoms with Gasteiger partial charge in [0.1, 0.15) is 0 Å². The zero-order valence-corrected chi connectivity index (χ0v) is 11.9. The van der Waals surface area contributed by atoms with Crippen molar-refractivity contribution in [3.05, 3.63) is 0 Å². The zero-order valence-electron chi connectivity index (χ0n) is 10.3. The molecule has 90 valence electrons. The van der Waals surface area contributed by atoms with E-state index in [1.165, 1.54) is 0 Å². The number of halogens is 1. The van der Waals surface area contributed by atoms with Crippen molar-refractivity contribution in [1.29, 1.82) is 0 Å². The molecule has 3 nitrogen and oxygen atoms in total. The molecule has 0 aromatic heterocycles. The summed E-state index contributed by atoms with van der Waals surface area (Å²) in [5.74, 6) is 0.786. The van der Waals surface area contributed by atoms with E-state index in [1.807, 2.05) is 19.0 Å². The number of amides is 1. The van der Waals surface area contributed by atoms with E-state index < -0.39 is 0 Å². The first-order chi connectivity index (χ1) is 6.97. The Kier molecular flexibility index (Phi) is 8.06. The summed E-state index contributed by atoms with van der Waals surface area (Å²) in [6, 6.07) is 0. The Bertz CT molecular complexity index is 183. The lowest BCUT2D eigenvalue weighted by Gasteiger charge is -2.26. The van der Waals surface area contributed by atoms with Crippen molar-refractivity contribution in [3.8, 4) is 0 Å². The van der Waals surface area contributed by atoms with Gasteiger partial charge in [0.25, 0.3) is 0 Å². The minimum atomic E-state index is 0.252. The molecular formula is C11H23BrN2O. The first-order valence-electron chi connectivity index (χ1n) is 5.45. The Morgan fingerprint density at radius 1 is 1.27 bits per heavy atom. The molecule has 0 aliphatic heterocycles. The SMILES string of the molecule is CC(C)CN(CCN(C)C)C(=O)CCBr. The zero-order chi connectivity index (χ0) is 11.8. The molecule has 0 aromatic carbocycles. The predicted octanol–water partition coefficient (Wildman–Crippen LogP) is 1.82. The maximum absolute atomic E-state index is 11.8. The molecule has 0 atom stereocenters. The van der Waals surface area contributed by atoms with Crippen molar-refractivity contribution >= 4 is 21.8 Å². The number of carbonyl (C=O) groups excluding carboxylic acids is 1. The van der Waals surface area contributed by atoms with E-state index in [0.717, 1.165) is 25.0 Å². The lowest BCUT2D eigenvalue weighted by atomic mass is 10.2. The fourth-order valence-corrected chi connectivity index (χ4v) is 1.66. The van der Waals surface area contributed by atoms with Gasteiger partial charge in [-0.1, -0.05) is 29.8 Å². The lowest BCUT2D eigenvalue weighted by Crippen LogP contribution is -2.39. The van der Waals surface area contributed by atoms with Crippen molar-refractivity contribution in [2.75, 3.05) is 39.1 Å². The number of likely N-dealkylation sites (N-methyl/N-ethyl adjacent to an activating group) is 1. The molecule has 0 unspecified atom stereocenters. The van der Waals surface area contributed by atoms with Gasteiger partial charge in [0.2, 0.25) is 5.91 Å². The molecule has 0 saturated carbocycles. The van der Waals surface area contributed by atoms with Crippen LogP contribution in [0.15, 0.2) is 0 Å². The highest BCUT2D eigenvalue weighted by atomic mass is 79.9. The molecule has 0 N–H and O–H groups in total. The average molecular weight is 279 g/mol. The normalized spacial score (nSPS) is 11.1. The Morgan fingerprint density at radius 3 is 2.27 bits per heavy atom. The highest BCUT2D eigenvalue weighted by molar-refractivity contribution is 9.09. The maximum Gasteiger partial charge on any atom is 0.223 e. The predicted molar refractivity (Wildman–Crippen MR) is 68.4 cm³/mol. The largest absolute Gasteiger partial charge is 0.341 e. The van der Waals surface area contributed by atoms with Gasteiger partial charge in [-0.15, -0.1) is 0 Å². The van der Waals surface area contributed by atoms with Gasteiger partial charge in [-0.3, -0.25) is 4.79 Å². The van der Waals surface area contributed by atoms with Crippen LogP contribution in [0.3, 0.4) is 0 Å². The summed E-state index contributed by atoms with van der Waals surface area (Å²) in [7, 11) is 4.06. The minimum Gasteiger partial charge on any atom is -0.341 e. The number of hydrogen-bond donors (Lipinski definition) is 0. The fraction of sp³-hybridized carbons (Fsp3) is 0.909. The van der Waals surface area contributed by atoms with Crippen molar-refractivity contribution in [2.45, 2.75) is 20.3 Å². The Morgan fingerprint density at radius 2 is 1.87 bits per heavy atom. The molecule has 0 saturated heterocycles. The first kappa shape index (κ1) is 14.9. The van der Waals surface area contributed by atoms with E-state index in [0.29, 0.717) is 12.3 Å². The van der Waals surface area contributed by atoms with E-state index in [9.17, 15) is 4.79 Å². The van der Waals surface area contributed by atoms with Gasteiger partial charge in [-0.2, -0.15) is 0 Å². The third-order valence-corrected chi connectivity index (χ3v) is 2.46. The molecule has 4 heteroatoms. The van der Waals surface area contributed by atoms with E-state index in [-0.39, 0.29) is 5.91 Å². The Hall–Kier alpha value is -0.0900. The van der Waals surface area contributed by atoms with Crippen LogP contribution in [0.5, 0.6) is 0 Å². The topological polar surface area (TPSA) is 23.6 Å². The van der Waals surface area contributed by atoms with Crippen LogP contribution in [0, 0.1) is 5.92 Å². The quantitative estimate of drug-likeness (QED) is 0.664. The van der Waals surface area contributed by atoms with E-state index in [2.05, 4.69) is 34.7 Å². The number of hydrogen-bond acceptors (Lipinski definition) is 2. The van der Waals surface area contributed by atoms with Crippen LogP contribution in [0.25, 0.3) is 0 Å². The molecular weight excluding hydrogens is 256 g/mol. The van der Waals surface area contributed by atoms with Gasteiger partial charge in [0.15, 0.2) is 0 Å². The highest BCUT2D eigenvalue weighted by Crippen LogP contribution is 2.03. The molecule has 15 heavy (non-hydrogen) atoms.